The number of fused-ring (bicyclic) bond motifs is 1. The number of carbonyl (C=O) groups excluding carboxylic acids is 1. The molecule has 0 radical (unpaired) electrons. The van der Waals surface area contributed by atoms with Gasteiger partial charge < -0.3 is 19.9 Å². The van der Waals surface area contributed by atoms with Gasteiger partial charge >= 0.3 is 0 Å². The number of nitrogens with one attached hydrogen (secondary N) is 2. The Morgan fingerprint density at radius 1 is 1.10 bits per heavy atom. The number of aromatic nitrogens is 2. The predicted octanol–water partition coefficient (Wildman–Crippen LogP) is 5.52. The van der Waals surface area contributed by atoms with Gasteiger partial charge in [0.15, 0.2) is 0 Å². The standard InChI is InChI=1S/C30H39ClN6O2/c1-21-19-23(30(38)33-22(2)29-34-25-9-8-24(31)20-26(25)35-29)7-10-27(21)37-13-6-4-3-5-12-32-28(37)11-14-36-15-17-39-18-16-36/h7-10,19-20,22H,3-6,11-18H2,1-2H3,(H,33,38)(H,34,35). The van der Waals surface area contributed by atoms with Crippen molar-refractivity contribution in [1.82, 2.24) is 20.2 Å². The molecule has 1 saturated heterocycles. The highest BCUT2D eigenvalue weighted by molar-refractivity contribution is 6.31. The van der Waals surface area contributed by atoms with E-state index < -0.39 is 0 Å². The van der Waals surface area contributed by atoms with Crippen LogP contribution in [0.15, 0.2) is 41.4 Å². The number of H-pyrrole nitrogens is 1. The van der Waals surface area contributed by atoms with Crippen molar-refractivity contribution < 1.29 is 9.53 Å². The van der Waals surface area contributed by atoms with E-state index in [2.05, 4.69) is 38.1 Å². The van der Waals surface area contributed by atoms with Gasteiger partial charge in [0.05, 0.1) is 30.3 Å². The highest BCUT2D eigenvalue weighted by atomic mass is 35.5. The van der Waals surface area contributed by atoms with Crippen LogP contribution in [-0.4, -0.2) is 72.5 Å². The van der Waals surface area contributed by atoms with E-state index in [0.29, 0.717) is 16.4 Å². The van der Waals surface area contributed by atoms with Crippen LogP contribution in [0.3, 0.4) is 0 Å². The summed E-state index contributed by atoms with van der Waals surface area (Å²) in [6.07, 6.45) is 5.64. The van der Waals surface area contributed by atoms with Crippen molar-refractivity contribution in [3.63, 3.8) is 0 Å². The highest BCUT2D eigenvalue weighted by Gasteiger charge is 2.21. The van der Waals surface area contributed by atoms with Crippen molar-refractivity contribution in [1.29, 1.82) is 0 Å². The van der Waals surface area contributed by atoms with Crippen LogP contribution in [0.1, 0.15) is 66.8 Å². The lowest BCUT2D eigenvalue weighted by Gasteiger charge is -2.31. The molecule has 39 heavy (non-hydrogen) atoms. The number of ether oxygens (including phenoxy) is 1. The Kier molecular flexibility index (Phi) is 9.17. The molecule has 8 nitrogen and oxygen atoms in total. The fraction of sp³-hybridized carbons (Fsp3) is 0.500. The number of hydrogen-bond acceptors (Lipinski definition) is 6. The van der Waals surface area contributed by atoms with Gasteiger partial charge in [-0.3, -0.25) is 14.7 Å². The van der Waals surface area contributed by atoms with Crippen LogP contribution in [0.25, 0.3) is 11.0 Å². The fourth-order valence-electron chi connectivity index (χ4n) is 5.37. The average Bonchev–Trinajstić information content (AvgIpc) is 3.40. The number of aromatic amines is 1. The lowest BCUT2D eigenvalue weighted by Crippen LogP contribution is -2.40. The van der Waals surface area contributed by atoms with E-state index >= 15 is 0 Å². The number of carbonyl (C=O) groups is 1. The molecule has 0 aliphatic carbocycles. The van der Waals surface area contributed by atoms with E-state index in [1.807, 2.05) is 37.3 Å². The molecule has 0 spiro atoms. The summed E-state index contributed by atoms with van der Waals surface area (Å²) in [6.45, 7) is 10.4. The zero-order chi connectivity index (χ0) is 27.2. The maximum absolute atomic E-state index is 13.2. The van der Waals surface area contributed by atoms with Crippen LogP contribution in [0.4, 0.5) is 5.69 Å². The second-order valence-electron chi connectivity index (χ2n) is 10.5. The van der Waals surface area contributed by atoms with Crippen molar-refractivity contribution in [2.75, 3.05) is 50.8 Å². The first kappa shape index (κ1) is 27.6. The van der Waals surface area contributed by atoms with Gasteiger partial charge in [0, 0.05) is 55.4 Å². The summed E-state index contributed by atoms with van der Waals surface area (Å²) in [4.78, 5) is 31.0. The van der Waals surface area contributed by atoms with Gasteiger partial charge in [-0.15, -0.1) is 0 Å². The van der Waals surface area contributed by atoms with E-state index in [1.165, 1.54) is 12.8 Å². The normalized spacial score (nSPS) is 18.2. The molecule has 2 aliphatic heterocycles. The second kappa shape index (κ2) is 12.9. The topological polar surface area (TPSA) is 85.8 Å². The minimum atomic E-state index is -0.277. The maximum atomic E-state index is 13.2. The van der Waals surface area contributed by atoms with Crippen LogP contribution in [0, 0.1) is 6.92 Å². The number of imidazole rings is 1. The van der Waals surface area contributed by atoms with Gasteiger partial charge in [-0.05, 0) is 68.7 Å². The molecule has 1 aromatic heterocycles. The molecule has 208 valence electrons. The summed E-state index contributed by atoms with van der Waals surface area (Å²) in [6, 6.07) is 11.3. The molecule has 2 N–H and O–H groups in total. The summed E-state index contributed by atoms with van der Waals surface area (Å²) in [5, 5.41) is 3.74. The molecule has 1 amide bonds. The number of amidine groups is 1. The number of hydrogen-bond donors (Lipinski definition) is 2. The fourth-order valence-corrected chi connectivity index (χ4v) is 5.54. The predicted molar refractivity (Wildman–Crippen MR) is 158 cm³/mol. The molecule has 1 atom stereocenters. The average molecular weight is 551 g/mol. The molecular weight excluding hydrogens is 512 g/mol. The Morgan fingerprint density at radius 2 is 1.92 bits per heavy atom. The number of aryl methyl sites for hydroxylation is 1. The number of aliphatic imine (C=N–C) groups is 1. The van der Waals surface area contributed by atoms with Crippen LogP contribution in [0.2, 0.25) is 5.02 Å². The van der Waals surface area contributed by atoms with Crippen molar-refractivity contribution in [2.24, 2.45) is 4.99 Å². The molecule has 3 aromatic rings. The summed E-state index contributed by atoms with van der Waals surface area (Å²) in [5.74, 6) is 1.73. The van der Waals surface area contributed by atoms with Gasteiger partial charge in [-0.2, -0.15) is 0 Å². The molecule has 3 heterocycles. The van der Waals surface area contributed by atoms with Crippen LogP contribution < -0.4 is 10.2 Å². The monoisotopic (exact) mass is 550 g/mol. The lowest BCUT2D eigenvalue weighted by molar-refractivity contribution is 0.0391. The first-order chi connectivity index (χ1) is 19.0. The maximum Gasteiger partial charge on any atom is 0.251 e. The first-order valence-corrected chi connectivity index (χ1v) is 14.5. The van der Waals surface area contributed by atoms with Crippen molar-refractivity contribution >= 4 is 40.1 Å². The number of rotatable bonds is 7. The molecule has 2 aliphatic rings. The number of nitrogens with zero attached hydrogens (tertiary/aromatic N) is 4. The Morgan fingerprint density at radius 3 is 2.74 bits per heavy atom. The molecule has 5 rings (SSSR count). The van der Waals surface area contributed by atoms with E-state index in [9.17, 15) is 4.79 Å². The summed E-state index contributed by atoms with van der Waals surface area (Å²) in [7, 11) is 0. The van der Waals surface area contributed by atoms with Crippen LogP contribution in [0.5, 0.6) is 0 Å². The second-order valence-corrected chi connectivity index (χ2v) is 11.0. The summed E-state index contributed by atoms with van der Waals surface area (Å²) >= 11 is 6.11. The van der Waals surface area contributed by atoms with Gasteiger partial charge in [0.1, 0.15) is 11.7 Å². The van der Waals surface area contributed by atoms with Crippen molar-refractivity contribution in [2.45, 2.75) is 52.0 Å². The Bertz CT molecular complexity index is 1320. The van der Waals surface area contributed by atoms with Gasteiger partial charge in [0.25, 0.3) is 5.91 Å². The number of morpholine rings is 1. The highest BCUT2D eigenvalue weighted by Crippen LogP contribution is 2.26. The van der Waals surface area contributed by atoms with Crippen LogP contribution in [-0.2, 0) is 4.74 Å². The smallest absolute Gasteiger partial charge is 0.251 e. The van der Waals surface area contributed by atoms with E-state index in [1.54, 1.807) is 0 Å². The Hall–Kier alpha value is -2.94. The quantitative estimate of drug-likeness (QED) is 0.405. The number of halogens is 1. The minimum absolute atomic E-state index is 0.124. The third-order valence-corrected chi connectivity index (χ3v) is 7.86. The molecule has 0 saturated carbocycles. The summed E-state index contributed by atoms with van der Waals surface area (Å²) < 4.78 is 5.52. The van der Waals surface area contributed by atoms with E-state index in [4.69, 9.17) is 21.3 Å². The molecular formula is C30H39ClN6O2. The van der Waals surface area contributed by atoms with Crippen molar-refractivity contribution in [3.8, 4) is 0 Å². The molecule has 1 unspecified atom stereocenters. The largest absolute Gasteiger partial charge is 0.379 e. The molecule has 0 bridgehead atoms. The number of amides is 1. The van der Waals surface area contributed by atoms with E-state index in [-0.39, 0.29) is 11.9 Å². The van der Waals surface area contributed by atoms with Crippen molar-refractivity contribution in [3.05, 3.63) is 58.4 Å². The molecule has 2 aromatic carbocycles. The Balaban J connectivity index is 1.30. The third kappa shape index (κ3) is 6.99. The van der Waals surface area contributed by atoms with E-state index in [0.717, 1.165) is 93.3 Å². The zero-order valence-corrected chi connectivity index (χ0v) is 23.8. The molecule has 9 heteroatoms. The number of anilines is 1. The summed E-state index contributed by atoms with van der Waals surface area (Å²) in [5.41, 5.74) is 4.53. The van der Waals surface area contributed by atoms with Crippen LogP contribution >= 0.6 is 11.6 Å². The SMILES string of the molecule is Cc1cc(C(=O)NC(C)c2nc3ccc(Cl)cc3[nH]2)ccc1N1CCCCCCN=C1CCN1CCOCC1. The lowest BCUT2D eigenvalue weighted by atomic mass is 10.1. The molecule has 1 fully saturated rings. The van der Waals surface area contributed by atoms with Gasteiger partial charge in [0.2, 0.25) is 0 Å². The number of benzene rings is 2. The first-order valence-electron chi connectivity index (χ1n) is 14.2. The van der Waals surface area contributed by atoms with Gasteiger partial charge in [-0.1, -0.05) is 24.4 Å². The minimum Gasteiger partial charge on any atom is -0.379 e. The zero-order valence-electron chi connectivity index (χ0n) is 23.0. The van der Waals surface area contributed by atoms with Gasteiger partial charge in [-0.25, -0.2) is 4.98 Å². The third-order valence-electron chi connectivity index (χ3n) is 7.62. The Labute approximate surface area is 235 Å².